The second kappa shape index (κ2) is 12.2. The molecule has 2 heterocycles. The quantitative estimate of drug-likeness (QED) is 0.187. The van der Waals surface area contributed by atoms with Gasteiger partial charge in [0.2, 0.25) is 5.91 Å². The number of aromatic nitrogens is 3. The van der Waals surface area contributed by atoms with Crippen LogP contribution in [-0.2, 0) is 16.1 Å². The number of nitrogens with one attached hydrogen (secondary N) is 1. The van der Waals surface area contributed by atoms with Crippen molar-refractivity contribution in [2.75, 3.05) is 17.7 Å². The van der Waals surface area contributed by atoms with E-state index in [0.717, 1.165) is 10.4 Å². The van der Waals surface area contributed by atoms with E-state index in [4.69, 9.17) is 21.1 Å². The van der Waals surface area contributed by atoms with Gasteiger partial charge < -0.3 is 14.8 Å². The van der Waals surface area contributed by atoms with Crippen molar-refractivity contribution in [3.05, 3.63) is 63.8 Å². The lowest BCUT2D eigenvalue weighted by molar-refractivity contribution is -0.113. The van der Waals surface area contributed by atoms with Gasteiger partial charge in [-0.15, -0.1) is 28.1 Å². The fourth-order valence-electron chi connectivity index (χ4n) is 3.25. The van der Waals surface area contributed by atoms with Crippen LogP contribution in [-0.4, -0.2) is 39.0 Å². The van der Waals surface area contributed by atoms with Crippen molar-refractivity contribution in [1.82, 2.24) is 14.8 Å². The van der Waals surface area contributed by atoms with E-state index in [1.807, 2.05) is 37.5 Å². The highest BCUT2D eigenvalue weighted by Gasteiger charge is 2.23. The van der Waals surface area contributed by atoms with E-state index in [-0.39, 0.29) is 18.3 Å². The van der Waals surface area contributed by atoms with E-state index in [9.17, 15) is 9.59 Å². The van der Waals surface area contributed by atoms with Crippen LogP contribution >= 0.6 is 34.7 Å². The molecule has 0 aliphatic heterocycles. The fourth-order valence-corrected chi connectivity index (χ4v) is 5.25. The van der Waals surface area contributed by atoms with E-state index >= 15 is 0 Å². The van der Waals surface area contributed by atoms with Crippen LogP contribution in [0.4, 0.5) is 5.00 Å². The summed E-state index contributed by atoms with van der Waals surface area (Å²) in [6, 6.07) is 7.20. The van der Waals surface area contributed by atoms with Gasteiger partial charge in [-0.05, 0) is 45.4 Å². The molecular weight excluding hydrogens is 508 g/mol. The Morgan fingerprint density at radius 1 is 1.31 bits per heavy atom. The highest BCUT2D eigenvalue weighted by molar-refractivity contribution is 7.99. The van der Waals surface area contributed by atoms with Gasteiger partial charge in [0.15, 0.2) is 17.1 Å². The van der Waals surface area contributed by atoms with Gasteiger partial charge in [0.25, 0.3) is 0 Å². The number of thiophene rings is 1. The molecule has 186 valence electrons. The normalized spacial score (nSPS) is 11.7. The smallest absolute Gasteiger partial charge is 0.341 e. The van der Waals surface area contributed by atoms with E-state index in [1.165, 1.54) is 23.1 Å². The molecule has 1 atom stereocenters. The van der Waals surface area contributed by atoms with Gasteiger partial charge in [-0.1, -0.05) is 41.6 Å². The Morgan fingerprint density at radius 3 is 2.74 bits per heavy atom. The summed E-state index contributed by atoms with van der Waals surface area (Å²) in [5.41, 5.74) is 1.20. The minimum atomic E-state index is -0.444. The lowest BCUT2D eigenvalue weighted by Gasteiger charge is -2.16. The van der Waals surface area contributed by atoms with E-state index in [0.29, 0.717) is 38.9 Å². The van der Waals surface area contributed by atoms with Crippen LogP contribution in [0.25, 0.3) is 0 Å². The molecule has 1 aromatic carbocycles. The zero-order valence-corrected chi connectivity index (χ0v) is 22.4. The summed E-state index contributed by atoms with van der Waals surface area (Å²) < 4.78 is 13.0. The van der Waals surface area contributed by atoms with Crippen LogP contribution in [0.15, 0.2) is 42.1 Å². The van der Waals surface area contributed by atoms with Crippen molar-refractivity contribution in [1.29, 1.82) is 0 Å². The number of carbonyl (C=O) groups is 2. The molecule has 3 rings (SSSR count). The Kier molecular flexibility index (Phi) is 9.36. The number of benzene rings is 1. The molecule has 0 aliphatic rings. The number of anilines is 1. The van der Waals surface area contributed by atoms with Gasteiger partial charge in [-0.2, -0.15) is 0 Å². The summed E-state index contributed by atoms with van der Waals surface area (Å²) in [6.45, 7) is 11.9. The molecule has 1 amide bonds. The Hall–Kier alpha value is -2.82. The largest absolute Gasteiger partial charge is 0.481 e. The highest BCUT2D eigenvalue weighted by atomic mass is 35.5. The monoisotopic (exact) mass is 534 g/mol. The number of amides is 1. The molecule has 8 nitrogen and oxygen atoms in total. The number of esters is 1. The SMILES string of the molecule is C=CCn1c(SCC(=O)Nc2sc(C)c(C)c2C(=O)OCC)nnc1C(C)Oc1ccccc1Cl. The average Bonchev–Trinajstić information content (AvgIpc) is 3.34. The number of rotatable bonds is 11. The number of ether oxygens (including phenoxy) is 2. The minimum absolute atomic E-state index is 0.0767. The molecule has 0 radical (unpaired) electrons. The molecule has 1 N–H and O–H groups in total. The number of para-hydroxylation sites is 1. The third-order valence-corrected chi connectivity index (χ3v) is 7.41. The number of hydrogen-bond donors (Lipinski definition) is 1. The molecule has 2 aromatic heterocycles. The van der Waals surface area contributed by atoms with Crippen LogP contribution in [0.3, 0.4) is 0 Å². The summed E-state index contributed by atoms with van der Waals surface area (Å²) >= 11 is 8.80. The van der Waals surface area contributed by atoms with Gasteiger partial charge in [0, 0.05) is 11.4 Å². The Balaban J connectivity index is 1.71. The molecule has 0 aliphatic carbocycles. The lowest BCUT2D eigenvalue weighted by Crippen LogP contribution is -2.17. The zero-order valence-electron chi connectivity index (χ0n) is 20.0. The number of carbonyl (C=O) groups excluding carboxylic acids is 2. The molecule has 0 saturated carbocycles. The van der Waals surface area contributed by atoms with Gasteiger partial charge in [-0.25, -0.2) is 4.79 Å². The van der Waals surface area contributed by atoms with Crippen molar-refractivity contribution in [2.45, 2.75) is 45.5 Å². The van der Waals surface area contributed by atoms with Crippen molar-refractivity contribution >= 4 is 51.6 Å². The summed E-state index contributed by atoms with van der Waals surface area (Å²) in [4.78, 5) is 26.0. The molecule has 1 unspecified atom stereocenters. The number of allylic oxidation sites excluding steroid dienone is 1. The number of aryl methyl sites for hydroxylation is 1. The van der Waals surface area contributed by atoms with Gasteiger partial charge in [-0.3, -0.25) is 9.36 Å². The number of thioether (sulfide) groups is 1. The Bertz CT molecular complexity index is 1220. The lowest BCUT2D eigenvalue weighted by atomic mass is 10.1. The summed E-state index contributed by atoms with van der Waals surface area (Å²) in [7, 11) is 0. The maximum absolute atomic E-state index is 12.7. The second-order valence-corrected chi connectivity index (χ2v) is 10.0. The molecule has 0 spiro atoms. The minimum Gasteiger partial charge on any atom is -0.481 e. The van der Waals surface area contributed by atoms with Crippen LogP contribution in [0.5, 0.6) is 5.75 Å². The summed E-state index contributed by atoms with van der Waals surface area (Å²) in [5.74, 6) is 0.494. The zero-order chi connectivity index (χ0) is 25.5. The first-order valence-corrected chi connectivity index (χ1v) is 13.1. The average molecular weight is 535 g/mol. The van der Waals surface area contributed by atoms with Crippen molar-refractivity contribution in [2.24, 2.45) is 0 Å². The first-order valence-electron chi connectivity index (χ1n) is 10.9. The van der Waals surface area contributed by atoms with Crippen molar-refractivity contribution in [3.63, 3.8) is 0 Å². The molecule has 35 heavy (non-hydrogen) atoms. The van der Waals surface area contributed by atoms with Crippen LogP contribution < -0.4 is 10.1 Å². The molecule has 11 heteroatoms. The van der Waals surface area contributed by atoms with E-state index < -0.39 is 12.1 Å². The molecule has 0 saturated heterocycles. The number of nitrogens with zero attached hydrogens (tertiary/aromatic N) is 3. The second-order valence-electron chi connectivity index (χ2n) is 7.48. The standard InChI is InChI=1S/C24H27ClN4O4S2/c1-6-12-29-21(15(4)33-18-11-9-8-10-17(18)25)27-28-24(29)34-13-19(30)26-22-20(23(31)32-7-2)14(3)16(5)35-22/h6,8-11,15H,1,7,12-13H2,2-5H3,(H,26,30). The van der Waals surface area contributed by atoms with Crippen LogP contribution in [0, 0.1) is 13.8 Å². The Labute approximate surface area is 217 Å². The first-order chi connectivity index (χ1) is 16.8. The molecule has 3 aromatic rings. The maximum atomic E-state index is 12.7. The number of halogens is 1. The molecular formula is C24H27ClN4O4S2. The van der Waals surface area contributed by atoms with Crippen molar-refractivity contribution in [3.8, 4) is 5.75 Å². The van der Waals surface area contributed by atoms with Gasteiger partial charge in [0.1, 0.15) is 10.8 Å². The van der Waals surface area contributed by atoms with E-state index in [2.05, 4.69) is 22.1 Å². The molecule has 0 bridgehead atoms. The van der Waals surface area contributed by atoms with Gasteiger partial charge >= 0.3 is 5.97 Å². The van der Waals surface area contributed by atoms with Crippen molar-refractivity contribution < 1.29 is 19.1 Å². The third kappa shape index (κ3) is 6.45. The van der Waals surface area contributed by atoms with Crippen LogP contribution in [0.1, 0.15) is 46.6 Å². The predicted molar refractivity (Wildman–Crippen MR) is 140 cm³/mol. The fraction of sp³-hybridized carbons (Fsp3) is 0.333. The highest BCUT2D eigenvalue weighted by Crippen LogP contribution is 2.34. The Morgan fingerprint density at radius 2 is 2.06 bits per heavy atom. The van der Waals surface area contributed by atoms with Gasteiger partial charge in [0.05, 0.1) is 22.9 Å². The van der Waals surface area contributed by atoms with Crippen LogP contribution in [0.2, 0.25) is 5.02 Å². The third-order valence-electron chi connectivity index (χ3n) is 5.01. The number of hydrogen-bond acceptors (Lipinski definition) is 8. The topological polar surface area (TPSA) is 95.3 Å². The maximum Gasteiger partial charge on any atom is 0.341 e. The first kappa shape index (κ1) is 26.8. The summed E-state index contributed by atoms with van der Waals surface area (Å²) in [6.07, 6.45) is 1.29. The summed E-state index contributed by atoms with van der Waals surface area (Å²) in [5, 5.41) is 12.9. The predicted octanol–water partition coefficient (Wildman–Crippen LogP) is 5.84. The molecule has 0 fully saturated rings. The van der Waals surface area contributed by atoms with E-state index in [1.54, 1.807) is 25.1 Å².